The van der Waals surface area contributed by atoms with E-state index in [4.69, 9.17) is 17.3 Å². The van der Waals surface area contributed by atoms with Crippen molar-refractivity contribution >= 4 is 7.85 Å². The summed E-state index contributed by atoms with van der Waals surface area (Å²) in [6, 6.07) is 0. The van der Waals surface area contributed by atoms with Crippen LogP contribution in [0.5, 0.6) is 0 Å². The summed E-state index contributed by atoms with van der Waals surface area (Å²) in [7, 11) is 5.51. The Morgan fingerprint density at radius 2 is 2.20 bits per heavy atom. The van der Waals surface area contributed by atoms with Crippen LogP contribution < -0.4 is 0 Å². The molecule has 0 N–H and O–H groups in total. The molecular weight excluding hydrogens is 187 g/mol. The first-order valence-electron chi connectivity index (χ1n) is 6.07. The van der Waals surface area contributed by atoms with Gasteiger partial charge in [0.15, 0.2) is 6.29 Å². The first-order chi connectivity index (χ1) is 7.14. The number of ether oxygens (including phenoxy) is 2. The Morgan fingerprint density at radius 3 is 2.80 bits per heavy atom. The molecule has 1 aliphatic heterocycles. The average molecular weight is 210 g/mol. The van der Waals surface area contributed by atoms with Gasteiger partial charge in [-0.3, -0.25) is 0 Å². The number of hydrogen-bond donors (Lipinski definition) is 0. The Bertz CT molecular complexity index is 165. The topological polar surface area (TPSA) is 18.5 Å². The molecule has 0 aromatic carbocycles. The highest BCUT2D eigenvalue weighted by Gasteiger charge is 2.21. The fraction of sp³-hybridized carbons (Fsp3) is 1.00. The van der Waals surface area contributed by atoms with Crippen molar-refractivity contribution in [2.24, 2.45) is 5.41 Å². The molecule has 1 fully saturated rings. The Hall–Kier alpha value is -0.0151. The van der Waals surface area contributed by atoms with Crippen molar-refractivity contribution in [2.75, 3.05) is 13.2 Å². The van der Waals surface area contributed by atoms with Crippen LogP contribution in [0.3, 0.4) is 0 Å². The van der Waals surface area contributed by atoms with Crippen molar-refractivity contribution in [3.05, 3.63) is 0 Å². The highest BCUT2D eigenvalue weighted by Crippen LogP contribution is 2.25. The molecule has 1 rings (SSSR count). The maximum absolute atomic E-state index is 5.78. The third kappa shape index (κ3) is 5.57. The summed E-state index contributed by atoms with van der Waals surface area (Å²) in [6.45, 7) is 6.09. The zero-order valence-corrected chi connectivity index (χ0v) is 10.1. The van der Waals surface area contributed by atoms with Crippen molar-refractivity contribution in [1.82, 2.24) is 0 Å². The number of hydrogen-bond acceptors (Lipinski definition) is 2. The third-order valence-electron chi connectivity index (χ3n) is 2.86. The van der Waals surface area contributed by atoms with E-state index in [1.54, 1.807) is 0 Å². The van der Waals surface area contributed by atoms with Gasteiger partial charge in [-0.05, 0) is 31.1 Å². The largest absolute Gasteiger partial charge is 0.353 e. The van der Waals surface area contributed by atoms with Gasteiger partial charge in [0.1, 0.15) is 0 Å². The maximum atomic E-state index is 5.78. The maximum Gasteiger partial charge on any atom is 0.157 e. The fourth-order valence-corrected chi connectivity index (χ4v) is 1.81. The standard InChI is InChI=1S/C12H23BO2/c1-12(2,7-5-8-13)10-15-11-6-3-4-9-14-11/h11H,3-10H2,1-2H3. The summed E-state index contributed by atoms with van der Waals surface area (Å²) in [6.07, 6.45) is 6.45. The van der Waals surface area contributed by atoms with E-state index in [0.717, 1.165) is 38.8 Å². The summed E-state index contributed by atoms with van der Waals surface area (Å²) in [4.78, 5) is 0. The highest BCUT2D eigenvalue weighted by atomic mass is 16.7. The number of rotatable bonds is 6. The molecule has 15 heavy (non-hydrogen) atoms. The molecule has 0 saturated carbocycles. The van der Waals surface area contributed by atoms with Crippen LogP contribution in [-0.2, 0) is 9.47 Å². The Kier molecular flexibility index (Phi) is 5.69. The van der Waals surface area contributed by atoms with E-state index in [0.29, 0.717) is 0 Å². The van der Waals surface area contributed by atoms with Crippen LogP contribution in [-0.4, -0.2) is 27.4 Å². The van der Waals surface area contributed by atoms with Gasteiger partial charge in [0.05, 0.1) is 14.5 Å². The molecule has 0 bridgehead atoms. The Balaban J connectivity index is 2.15. The van der Waals surface area contributed by atoms with Gasteiger partial charge in [-0.15, -0.1) is 0 Å². The molecule has 2 nitrogen and oxygen atoms in total. The van der Waals surface area contributed by atoms with Gasteiger partial charge >= 0.3 is 0 Å². The minimum atomic E-state index is 0.0379. The lowest BCUT2D eigenvalue weighted by Gasteiger charge is -2.29. The zero-order chi connectivity index (χ0) is 11.1. The monoisotopic (exact) mass is 210 g/mol. The third-order valence-corrected chi connectivity index (χ3v) is 2.86. The summed E-state index contributed by atoms with van der Waals surface area (Å²) in [5.41, 5.74) is 0.222. The molecule has 1 unspecified atom stereocenters. The molecule has 1 heterocycles. The van der Waals surface area contributed by atoms with Gasteiger partial charge in [0, 0.05) is 6.61 Å². The zero-order valence-electron chi connectivity index (χ0n) is 10.1. The Morgan fingerprint density at radius 1 is 1.40 bits per heavy atom. The van der Waals surface area contributed by atoms with Crippen LogP contribution in [0.25, 0.3) is 0 Å². The smallest absolute Gasteiger partial charge is 0.157 e. The van der Waals surface area contributed by atoms with Crippen LogP contribution in [0.1, 0.15) is 46.0 Å². The van der Waals surface area contributed by atoms with Gasteiger partial charge in [-0.2, -0.15) is 0 Å². The minimum absolute atomic E-state index is 0.0379. The van der Waals surface area contributed by atoms with Crippen molar-refractivity contribution in [1.29, 1.82) is 0 Å². The van der Waals surface area contributed by atoms with Gasteiger partial charge < -0.3 is 9.47 Å². The normalized spacial score (nSPS) is 22.9. The van der Waals surface area contributed by atoms with E-state index in [1.165, 1.54) is 12.8 Å². The van der Waals surface area contributed by atoms with Gasteiger partial charge in [0.25, 0.3) is 0 Å². The summed E-state index contributed by atoms with van der Waals surface area (Å²) in [5, 5.41) is 0. The van der Waals surface area contributed by atoms with Gasteiger partial charge in [-0.25, -0.2) is 0 Å². The molecule has 0 aromatic heterocycles. The molecule has 1 atom stereocenters. The van der Waals surface area contributed by atoms with Crippen LogP contribution in [0.2, 0.25) is 6.32 Å². The second-order valence-corrected chi connectivity index (χ2v) is 5.16. The summed E-state index contributed by atoms with van der Waals surface area (Å²) >= 11 is 0. The Labute approximate surface area is 95.1 Å². The minimum Gasteiger partial charge on any atom is -0.353 e. The summed E-state index contributed by atoms with van der Waals surface area (Å²) in [5.74, 6) is 0. The highest BCUT2D eigenvalue weighted by molar-refractivity contribution is 6.08. The van der Waals surface area contributed by atoms with E-state index in [2.05, 4.69) is 13.8 Å². The second-order valence-electron chi connectivity index (χ2n) is 5.16. The molecule has 1 saturated heterocycles. The SMILES string of the molecule is [B]CCCC(C)(C)COC1CCCCO1. The lowest BCUT2D eigenvalue weighted by Crippen LogP contribution is -2.28. The van der Waals surface area contributed by atoms with E-state index in [9.17, 15) is 0 Å². The quantitative estimate of drug-likeness (QED) is 0.627. The van der Waals surface area contributed by atoms with Crippen LogP contribution >= 0.6 is 0 Å². The molecule has 86 valence electrons. The first-order valence-corrected chi connectivity index (χ1v) is 6.07. The van der Waals surface area contributed by atoms with E-state index < -0.39 is 0 Å². The summed E-state index contributed by atoms with van der Waals surface area (Å²) < 4.78 is 11.3. The van der Waals surface area contributed by atoms with Gasteiger partial charge in [-0.1, -0.05) is 26.6 Å². The van der Waals surface area contributed by atoms with Crippen molar-refractivity contribution in [3.8, 4) is 0 Å². The predicted molar refractivity (Wildman–Crippen MR) is 63.1 cm³/mol. The predicted octanol–water partition coefficient (Wildman–Crippen LogP) is 2.92. The molecule has 0 spiro atoms. The van der Waals surface area contributed by atoms with E-state index >= 15 is 0 Å². The molecule has 0 amide bonds. The van der Waals surface area contributed by atoms with Crippen LogP contribution in [0.4, 0.5) is 0 Å². The van der Waals surface area contributed by atoms with E-state index in [1.807, 2.05) is 0 Å². The molecule has 3 heteroatoms. The second kappa shape index (κ2) is 6.54. The first kappa shape index (κ1) is 13.1. The van der Waals surface area contributed by atoms with Crippen LogP contribution in [0.15, 0.2) is 0 Å². The fourth-order valence-electron chi connectivity index (χ4n) is 1.81. The molecule has 0 aromatic rings. The lowest BCUT2D eigenvalue weighted by atomic mass is 9.85. The average Bonchev–Trinajstić information content (AvgIpc) is 2.25. The van der Waals surface area contributed by atoms with Crippen molar-refractivity contribution < 1.29 is 9.47 Å². The molecule has 0 aliphatic carbocycles. The van der Waals surface area contributed by atoms with Crippen LogP contribution in [0, 0.1) is 5.41 Å². The van der Waals surface area contributed by atoms with E-state index in [-0.39, 0.29) is 11.7 Å². The lowest BCUT2D eigenvalue weighted by molar-refractivity contribution is -0.176. The van der Waals surface area contributed by atoms with Crippen molar-refractivity contribution in [2.45, 2.75) is 58.6 Å². The molecular formula is C12H23BO2. The van der Waals surface area contributed by atoms with Crippen molar-refractivity contribution in [3.63, 3.8) is 0 Å². The van der Waals surface area contributed by atoms with Gasteiger partial charge in [0.2, 0.25) is 0 Å². The molecule has 1 aliphatic rings. The molecule has 2 radical (unpaired) electrons.